The Bertz CT molecular complexity index is 786. The van der Waals surface area contributed by atoms with E-state index in [1.807, 2.05) is 25.1 Å². The van der Waals surface area contributed by atoms with Crippen LogP contribution in [0.1, 0.15) is 44.4 Å². The third-order valence-corrected chi connectivity index (χ3v) is 4.78. The van der Waals surface area contributed by atoms with Crippen molar-refractivity contribution in [2.75, 3.05) is 6.61 Å². The molecule has 0 amide bonds. The van der Waals surface area contributed by atoms with Gasteiger partial charge in [-0.2, -0.15) is 5.10 Å². The fraction of sp³-hybridized carbons (Fsp3) is 0.381. The molecule has 0 aliphatic carbocycles. The first-order valence-corrected chi connectivity index (χ1v) is 9.02. The molecule has 2 heterocycles. The van der Waals surface area contributed by atoms with E-state index in [1.165, 1.54) is 5.56 Å². The Balaban J connectivity index is 1.73. The Morgan fingerprint density at radius 3 is 2.72 bits per heavy atom. The second-order valence-electron chi connectivity index (χ2n) is 6.90. The van der Waals surface area contributed by atoms with E-state index in [0.29, 0.717) is 12.5 Å². The second kappa shape index (κ2) is 6.43. The highest BCUT2D eigenvalue weighted by Gasteiger charge is 2.41. The molecular weight excluding hydrogens is 312 g/mol. The third kappa shape index (κ3) is 2.86. The summed E-state index contributed by atoms with van der Waals surface area (Å²) >= 11 is 0. The molecule has 0 bridgehead atoms. The first-order valence-electron chi connectivity index (χ1n) is 9.02. The van der Waals surface area contributed by atoms with Gasteiger partial charge in [-0.1, -0.05) is 44.2 Å². The number of fused-ring (bicyclic) bond motifs is 3. The van der Waals surface area contributed by atoms with Crippen molar-refractivity contribution in [3.63, 3.8) is 0 Å². The van der Waals surface area contributed by atoms with Gasteiger partial charge in [0.2, 0.25) is 0 Å². The molecule has 4 nitrogen and oxygen atoms in total. The SMILES string of the molecule is CCOc1ccc2c(c1)[C@H]1CC(c3ccccc3)=NN1[C@H](C(C)C)O2. The number of hydrogen-bond donors (Lipinski definition) is 0. The minimum atomic E-state index is -0.0448. The molecule has 0 saturated carbocycles. The lowest BCUT2D eigenvalue weighted by molar-refractivity contribution is -0.0462. The standard InChI is InChI=1S/C21H24N2O2/c1-4-24-16-10-11-20-17(12-16)19-13-18(15-8-6-5-7-9-15)22-23(19)21(25-20)14(2)3/h5-12,14,19,21H,4,13H2,1-3H3/t19-,21+/m1/s1. The average molecular weight is 336 g/mol. The van der Waals surface area contributed by atoms with Gasteiger partial charge in [0.25, 0.3) is 0 Å². The van der Waals surface area contributed by atoms with Gasteiger partial charge in [-0.3, -0.25) is 0 Å². The number of ether oxygens (including phenoxy) is 2. The molecule has 2 aliphatic rings. The van der Waals surface area contributed by atoms with Crippen LogP contribution in [-0.2, 0) is 0 Å². The van der Waals surface area contributed by atoms with Crippen LogP contribution in [0.5, 0.6) is 11.5 Å². The summed E-state index contributed by atoms with van der Waals surface area (Å²) in [7, 11) is 0. The molecular formula is C21H24N2O2. The van der Waals surface area contributed by atoms with E-state index in [4.69, 9.17) is 14.6 Å². The van der Waals surface area contributed by atoms with E-state index in [-0.39, 0.29) is 12.3 Å². The number of hydrazone groups is 1. The Morgan fingerprint density at radius 1 is 1.20 bits per heavy atom. The molecule has 0 aromatic heterocycles. The van der Waals surface area contributed by atoms with Crippen molar-refractivity contribution >= 4 is 5.71 Å². The molecule has 2 aromatic carbocycles. The molecule has 0 unspecified atom stereocenters. The number of benzene rings is 2. The highest BCUT2D eigenvalue weighted by molar-refractivity contribution is 6.01. The van der Waals surface area contributed by atoms with Gasteiger partial charge in [0.15, 0.2) is 6.23 Å². The largest absolute Gasteiger partial charge is 0.494 e. The zero-order valence-electron chi connectivity index (χ0n) is 15.0. The van der Waals surface area contributed by atoms with Crippen molar-refractivity contribution in [1.29, 1.82) is 0 Å². The van der Waals surface area contributed by atoms with Crippen LogP contribution >= 0.6 is 0 Å². The Hall–Kier alpha value is -2.49. The summed E-state index contributed by atoms with van der Waals surface area (Å²) in [4.78, 5) is 0. The molecule has 4 rings (SSSR count). The normalized spacial score (nSPS) is 21.4. The topological polar surface area (TPSA) is 34.1 Å². The smallest absolute Gasteiger partial charge is 0.190 e. The fourth-order valence-electron chi connectivity index (χ4n) is 3.60. The summed E-state index contributed by atoms with van der Waals surface area (Å²) in [6.07, 6.45) is 0.843. The highest BCUT2D eigenvalue weighted by atomic mass is 16.5. The summed E-state index contributed by atoms with van der Waals surface area (Å²) in [6.45, 7) is 7.02. The molecule has 0 spiro atoms. The van der Waals surface area contributed by atoms with Crippen LogP contribution in [0, 0.1) is 5.92 Å². The van der Waals surface area contributed by atoms with Gasteiger partial charge < -0.3 is 9.47 Å². The van der Waals surface area contributed by atoms with Gasteiger partial charge in [0.1, 0.15) is 11.5 Å². The molecule has 0 fully saturated rings. The molecule has 130 valence electrons. The van der Waals surface area contributed by atoms with Gasteiger partial charge in [0.05, 0.1) is 18.4 Å². The van der Waals surface area contributed by atoms with E-state index < -0.39 is 0 Å². The highest BCUT2D eigenvalue weighted by Crippen LogP contribution is 2.45. The lowest BCUT2D eigenvalue weighted by Crippen LogP contribution is -2.43. The molecule has 0 N–H and O–H groups in total. The molecule has 2 aliphatic heterocycles. The molecule has 25 heavy (non-hydrogen) atoms. The maximum absolute atomic E-state index is 6.29. The summed E-state index contributed by atoms with van der Waals surface area (Å²) in [5.74, 6) is 2.19. The van der Waals surface area contributed by atoms with Crippen LogP contribution in [0.2, 0.25) is 0 Å². The van der Waals surface area contributed by atoms with E-state index in [1.54, 1.807) is 0 Å². The van der Waals surface area contributed by atoms with Gasteiger partial charge in [0, 0.05) is 17.9 Å². The number of rotatable bonds is 4. The van der Waals surface area contributed by atoms with Gasteiger partial charge in [-0.25, -0.2) is 5.01 Å². The van der Waals surface area contributed by atoms with Crippen LogP contribution in [0.3, 0.4) is 0 Å². The van der Waals surface area contributed by atoms with E-state index in [9.17, 15) is 0 Å². The van der Waals surface area contributed by atoms with E-state index >= 15 is 0 Å². The lowest BCUT2D eigenvalue weighted by atomic mass is 9.95. The summed E-state index contributed by atoms with van der Waals surface area (Å²) < 4.78 is 12.0. The molecule has 0 saturated heterocycles. The lowest BCUT2D eigenvalue weighted by Gasteiger charge is -2.40. The minimum Gasteiger partial charge on any atom is -0.494 e. The number of hydrogen-bond acceptors (Lipinski definition) is 4. The predicted octanol–water partition coefficient (Wildman–Crippen LogP) is 4.61. The quantitative estimate of drug-likeness (QED) is 0.817. The molecule has 2 aromatic rings. The van der Waals surface area contributed by atoms with Crippen molar-refractivity contribution in [2.45, 2.75) is 39.5 Å². The van der Waals surface area contributed by atoms with E-state index in [0.717, 1.165) is 29.2 Å². The fourth-order valence-corrected chi connectivity index (χ4v) is 3.60. The molecule has 0 radical (unpaired) electrons. The summed E-state index contributed by atoms with van der Waals surface area (Å²) in [5.41, 5.74) is 3.47. The molecule has 2 atom stereocenters. The number of nitrogens with zero attached hydrogens (tertiary/aromatic N) is 2. The predicted molar refractivity (Wildman–Crippen MR) is 99.0 cm³/mol. The van der Waals surface area contributed by atoms with Crippen molar-refractivity contribution in [1.82, 2.24) is 5.01 Å². The van der Waals surface area contributed by atoms with Crippen molar-refractivity contribution < 1.29 is 9.47 Å². The van der Waals surface area contributed by atoms with Crippen LogP contribution < -0.4 is 9.47 Å². The van der Waals surface area contributed by atoms with Crippen molar-refractivity contribution in [3.05, 3.63) is 59.7 Å². The Labute approximate surface area is 149 Å². The average Bonchev–Trinajstić information content (AvgIpc) is 3.07. The Kier molecular flexibility index (Phi) is 4.12. The zero-order valence-corrected chi connectivity index (χ0v) is 15.0. The van der Waals surface area contributed by atoms with Gasteiger partial charge in [-0.15, -0.1) is 0 Å². The first kappa shape index (κ1) is 16.0. The minimum absolute atomic E-state index is 0.0448. The van der Waals surface area contributed by atoms with Crippen LogP contribution in [0.4, 0.5) is 0 Å². The molecule has 4 heteroatoms. The van der Waals surface area contributed by atoms with Crippen LogP contribution in [0.25, 0.3) is 0 Å². The van der Waals surface area contributed by atoms with E-state index in [2.05, 4.69) is 49.2 Å². The Morgan fingerprint density at radius 2 is 2.00 bits per heavy atom. The second-order valence-corrected chi connectivity index (χ2v) is 6.90. The van der Waals surface area contributed by atoms with Crippen molar-refractivity contribution in [3.8, 4) is 11.5 Å². The van der Waals surface area contributed by atoms with Gasteiger partial charge in [-0.05, 0) is 30.7 Å². The van der Waals surface area contributed by atoms with Crippen LogP contribution in [0.15, 0.2) is 53.6 Å². The maximum Gasteiger partial charge on any atom is 0.190 e. The summed E-state index contributed by atoms with van der Waals surface area (Å²) in [5, 5.41) is 7.09. The van der Waals surface area contributed by atoms with Gasteiger partial charge >= 0.3 is 0 Å². The maximum atomic E-state index is 6.29. The summed E-state index contributed by atoms with van der Waals surface area (Å²) in [6, 6.07) is 16.7. The first-order chi connectivity index (χ1) is 12.2. The van der Waals surface area contributed by atoms with Crippen molar-refractivity contribution in [2.24, 2.45) is 11.0 Å². The van der Waals surface area contributed by atoms with Crippen LogP contribution in [-0.4, -0.2) is 23.6 Å². The third-order valence-electron chi connectivity index (χ3n) is 4.78. The zero-order chi connectivity index (χ0) is 17.4. The monoisotopic (exact) mass is 336 g/mol.